The van der Waals surface area contributed by atoms with Gasteiger partial charge in [0, 0.05) is 25.8 Å². The van der Waals surface area contributed by atoms with Gasteiger partial charge in [-0.15, -0.1) is 0 Å². The number of hydrogen-bond acceptors (Lipinski definition) is 2. The van der Waals surface area contributed by atoms with Gasteiger partial charge < -0.3 is 10.1 Å². The minimum absolute atomic E-state index is 0.133. The second kappa shape index (κ2) is 5.70. The van der Waals surface area contributed by atoms with Gasteiger partial charge in [-0.05, 0) is 55.4 Å². The first kappa shape index (κ1) is 14.0. The van der Waals surface area contributed by atoms with Crippen molar-refractivity contribution in [1.29, 1.82) is 0 Å². The number of halogens is 1. The number of benzene rings is 1. The summed E-state index contributed by atoms with van der Waals surface area (Å²) in [5, 5.41) is 2.94. The second-order valence-electron chi connectivity index (χ2n) is 5.39. The molecule has 1 aliphatic rings. The van der Waals surface area contributed by atoms with Gasteiger partial charge in [0.25, 0.3) is 5.91 Å². The number of ether oxygens (including phenoxy) is 1. The average molecular weight is 265 g/mol. The van der Waals surface area contributed by atoms with Crippen LogP contribution in [-0.4, -0.2) is 26.2 Å². The molecule has 0 spiro atoms. The number of methoxy groups -OCH3 is 1. The van der Waals surface area contributed by atoms with Gasteiger partial charge in [-0.25, -0.2) is 4.39 Å². The van der Waals surface area contributed by atoms with Crippen molar-refractivity contribution in [2.75, 3.05) is 20.3 Å². The highest BCUT2D eigenvalue weighted by Gasteiger charge is 2.42. The van der Waals surface area contributed by atoms with Gasteiger partial charge in [0.2, 0.25) is 0 Å². The number of aryl methyl sites for hydroxylation is 1. The number of rotatable bonds is 6. The molecular weight excluding hydrogens is 245 g/mol. The van der Waals surface area contributed by atoms with Crippen molar-refractivity contribution in [2.24, 2.45) is 5.41 Å². The van der Waals surface area contributed by atoms with Crippen molar-refractivity contribution < 1.29 is 13.9 Å². The molecule has 0 bridgehead atoms. The van der Waals surface area contributed by atoms with Crippen LogP contribution >= 0.6 is 0 Å². The highest BCUT2D eigenvalue weighted by Crippen LogP contribution is 2.48. The summed E-state index contributed by atoms with van der Waals surface area (Å²) in [4.78, 5) is 12.0. The summed E-state index contributed by atoms with van der Waals surface area (Å²) in [6, 6.07) is 4.44. The smallest absolute Gasteiger partial charge is 0.251 e. The Morgan fingerprint density at radius 2 is 2.21 bits per heavy atom. The molecule has 104 valence electrons. The van der Waals surface area contributed by atoms with E-state index in [-0.39, 0.29) is 17.1 Å². The third-order valence-corrected chi connectivity index (χ3v) is 3.84. The van der Waals surface area contributed by atoms with Crippen LogP contribution in [0.5, 0.6) is 0 Å². The molecule has 4 heteroatoms. The summed E-state index contributed by atoms with van der Waals surface area (Å²) >= 11 is 0. The lowest BCUT2D eigenvalue weighted by Crippen LogP contribution is -2.30. The molecule has 0 unspecified atom stereocenters. The number of amides is 1. The molecule has 19 heavy (non-hydrogen) atoms. The molecule has 1 aromatic rings. The third-order valence-electron chi connectivity index (χ3n) is 3.84. The van der Waals surface area contributed by atoms with Crippen LogP contribution in [0.3, 0.4) is 0 Å². The average Bonchev–Trinajstić information content (AvgIpc) is 3.17. The van der Waals surface area contributed by atoms with Crippen LogP contribution in [0.2, 0.25) is 0 Å². The fraction of sp³-hybridized carbons (Fsp3) is 0.533. The predicted molar refractivity (Wildman–Crippen MR) is 71.6 cm³/mol. The predicted octanol–water partition coefficient (Wildman–Crippen LogP) is 2.68. The summed E-state index contributed by atoms with van der Waals surface area (Å²) in [7, 11) is 1.69. The van der Waals surface area contributed by atoms with E-state index in [4.69, 9.17) is 4.74 Å². The Morgan fingerprint density at radius 1 is 1.47 bits per heavy atom. The molecule has 0 radical (unpaired) electrons. The van der Waals surface area contributed by atoms with Crippen molar-refractivity contribution in [3.63, 3.8) is 0 Å². The lowest BCUT2D eigenvalue weighted by atomic mass is 10.0. The molecule has 1 amide bonds. The molecule has 1 fully saturated rings. The van der Waals surface area contributed by atoms with E-state index in [1.165, 1.54) is 12.1 Å². The fourth-order valence-corrected chi connectivity index (χ4v) is 2.17. The van der Waals surface area contributed by atoms with Crippen molar-refractivity contribution in [3.05, 3.63) is 35.1 Å². The van der Waals surface area contributed by atoms with Crippen LogP contribution in [-0.2, 0) is 4.74 Å². The molecule has 0 atom stereocenters. The van der Waals surface area contributed by atoms with E-state index in [0.717, 1.165) is 25.9 Å². The zero-order chi connectivity index (χ0) is 13.9. The summed E-state index contributed by atoms with van der Waals surface area (Å²) in [5.41, 5.74) is 1.23. The molecule has 1 N–H and O–H groups in total. The third kappa shape index (κ3) is 3.53. The van der Waals surface area contributed by atoms with Crippen molar-refractivity contribution in [2.45, 2.75) is 26.2 Å². The zero-order valence-electron chi connectivity index (χ0n) is 11.5. The fourth-order valence-electron chi connectivity index (χ4n) is 2.17. The molecule has 2 rings (SSSR count). The molecule has 0 aromatic heterocycles. The van der Waals surface area contributed by atoms with E-state index in [1.54, 1.807) is 20.1 Å². The number of carbonyl (C=O) groups is 1. The van der Waals surface area contributed by atoms with Gasteiger partial charge in [-0.3, -0.25) is 4.79 Å². The van der Waals surface area contributed by atoms with Crippen LogP contribution in [0.15, 0.2) is 18.2 Å². The summed E-state index contributed by atoms with van der Waals surface area (Å²) < 4.78 is 18.2. The second-order valence-corrected chi connectivity index (χ2v) is 5.39. The van der Waals surface area contributed by atoms with Gasteiger partial charge in [-0.1, -0.05) is 0 Å². The first-order valence-corrected chi connectivity index (χ1v) is 6.60. The highest BCUT2D eigenvalue weighted by atomic mass is 19.1. The minimum atomic E-state index is -0.282. The molecular formula is C15H20FNO2. The molecule has 0 aliphatic heterocycles. The van der Waals surface area contributed by atoms with E-state index in [2.05, 4.69) is 5.32 Å². The molecule has 0 heterocycles. The lowest BCUT2D eigenvalue weighted by molar-refractivity contribution is 0.0938. The van der Waals surface area contributed by atoms with Gasteiger partial charge >= 0.3 is 0 Å². The standard InChI is InChI=1S/C15H20FNO2/c1-11-9-12(3-4-13(11)16)14(18)17-10-15(5-6-15)7-8-19-2/h3-4,9H,5-8,10H2,1-2H3,(H,17,18). The van der Waals surface area contributed by atoms with Gasteiger partial charge in [0.05, 0.1) is 0 Å². The zero-order valence-corrected chi connectivity index (χ0v) is 11.5. The first-order chi connectivity index (χ1) is 9.06. The van der Waals surface area contributed by atoms with Crippen LogP contribution in [0.4, 0.5) is 4.39 Å². The van der Waals surface area contributed by atoms with Gasteiger partial charge in [-0.2, -0.15) is 0 Å². The maximum Gasteiger partial charge on any atom is 0.251 e. The maximum atomic E-state index is 13.1. The molecule has 1 aromatic carbocycles. The Labute approximate surface area is 113 Å². The van der Waals surface area contributed by atoms with E-state index in [0.29, 0.717) is 17.7 Å². The SMILES string of the molecule is COCCC1(CNC(=O)c2ccc(F)c(C)c2)CC1. The highest BCUT2D eigenvalue weighted by molar-refractivity contribution is 5.94. The number of nitrogens with one attached hydrogen (secondary N) is 1. The minimum Gasteiger partial charge on any atom is -0.385 e. The maximum absolute atomic E-state index is 13.1. The number of hydrogen-bond donors (Lipinski definition) is 1. The normalized spacial score (nSPS) is 16.2. The Balaban J connectivity index is 1.89. The Bertz CT molecular complexity index is 469. The van der Waals surface area contributed by atoms with Crippen molar-refractivity contribution >= 4 is 5.91 Å². The number of carbonyl (C=O) groups excluding carboxylic acids is 1. The largest absolute Gasteiger partial charge is 0.385 e. The van der Waals surface area contributed by atoms with Gasteiger partial charge in [0.15, 0.2) is 0 Å². The van der Waals surface area contributed by atoms with Crippen LogP contribution in [0, 0.1) is 18.2 Å². The molecule has 0 saturated heterocycles. The summed E-state index contributed by atoms with van der Waals surface area (Å²) in [6.45, 7) is 3.06. The van der Waals surface area contributed by atoms with E-state index in [1.807, 2.05) is 0 Å². The van der Waals surface area contributed by atoms with Crippen molar-refractivity contribution in [1.82, 2.24) is 5.32 Å². The Kier molecular flexibility index (Phi) is 4.20. The van der Waals surface area contributed by atoms with Gasteiger partial charge in [0.1, 0.15) is 5.82 Å². The van der Waals surface area contributed by atoms with Crippen LogP contribution in [0.25, 0.3) is 0 Å². The van der Waals surface area contributed by atoms with Crippen LogP contribution in [0.1, 0.15) is 35.2 Å². The lowest BCUT2D eigenvalue weighted by Gasteiger charge is -2.15. The summed E-state index contributed by atoms with van der Waals surface area (Å²) in [6.07, 6.45) is 3.25. The van der Waals surface area contributed by atoms with E-state index in [9.17, 15) is 9.18 Å². The van der Waals surface area contributed by atoms with Crippen molar-refractivity contribution in [3.8, 4) is 0 Å². The summed E-state index contributed by atoms with van der Waals surface area (Å²) in [5.74, 6) is -0.415. The van der Waals surface area contributed by atoms with E-state index < -0.39 is 0 Å². The quantitative estimate of drug-likeness (QED) is 0.858. The Hall–Kier alpha value is -1.42. The molecule has 3 nitrogen and oxygen atoms in total. The topological polar surface area (TPSA) is 38.3 Å². The molecule has 1 saturated carbocycles. The first-order valence-electron chi connectivity index (χ1n) is 6.60. The monoisotopic (exact) mass is 265 g/mol. The molecule has 1 aliphatic carbocycles. The Morgan fingerprint density at radius 3 is 2.79 bits per heavy atom. The van der Waals surface area contributed by atoms with E-state index >= 15 is 0 Å². The van der Waals surface area contributed by atoms with Crippen LogP contribution < -0.4 is 5.32 Å².